The van der Waals surface area contributed by atoms with Gasteiger partial charge in [0, 0.05) is 17.7 Å². The Morgan fingerprint density at radius 2 is 2.33 bits per heavy atom. The number of hydrogen-bond donors (Lipinski definition) is 1. The summed E-state index contributed by atoms with van der Waals surface area (Å²) in [4.78, 5) is 11.5. The van der Waals surface area contributed by atoms with Gasteiger partial charge < -0.3 is 10.3 Å². The van der Waals surface area contributed by atoms with Gasteiger partial charge in [0.15, 0.2) is 0 Å². The highest BCUT2D eigenvalue weighted by Gasteiger charge is 2.04. The number of hydrogen-bond acceptors (Lipinski definition) is 2. The van der Waals surface area contributed by atoms with Crippen LogP contribution in [0.1, 0.15) is 5.56 Å². The smallest absolute Gasteiger partial charge is 0.260 e. The molecule has 2 N–H and O–H groups in total. The first-order valence-corrected chi connectivity index (χ1v) is 4.38. The summed E-state index contributed by atoms with van der Waals surface area (Å²) in [7, 11) is 1.65. The molecule has 5 heteroatoms. The number of nitrogens with zero attached hydrogens (tertiary/aromatic N) is 1. The molecule has 1 aromatic rings. The van der Waals surface area contributed by atoms with Gasteiger partial charge in [0.2, 0.25) is 0 Å². The van der Waals surface area contributed by atoms with E-state index in [9.17, 15) is 4.79 Å². The van der Waals surface area contributed by atoms with E-state index in [1.54, 1.807) is 19.3 Å². The predicted octanol–water partition coefficient (Wildman–Crippen LogP) is 0.782. The third kappa shape index (κ3) is 1.73. The first kappa shape index (κ1) is 9.41. The van der Waals surface area contributed by atoms with E-state index in [-0.39, 0.29) is 10.5 Å². The fourth-order valence-electron chi connectivity index (χ4n) is 0.847. The highest BCUT2D eigenvalue weighted by Crippen LogP contribution is 2.07. The molecular formula is C7H7BrN2OS. The molecule has 0 saturated heterocycles. The minimum atomic E-state index is -0.175. The van der Waals surface area contributed by atoms with Crippen LogP contribution < -0.4 is 11.3 Å². The third-order valence-corrected chi connectivity index (χ3v) is 2.07. The van der Waals surface area contributed by atoms with Crippen molar-refractivity contribution >= 4 is 33.1 Å². The molecule has 0 radical (unpaired) electrons. The van der Waals surface area contributed by atoms with Crippen molar-refractivity contribution in [2.75, 3.05) is 0 Å². The molecule has 1 heterocycles. The van der Waals surface area contributed by atoms with Gasteiger partial charge in [-0.1, -0.05) is 12.2 Å². The second-order valence-electron chi connectivity index (χ2n) is 2.35. The monoisotopic (exact) mass is 246 g/mol. The van der Waals surface area contributed by atoms with Gasteiger partial charge in [-0.3, -0.25) is 4.79 Å². The number of pyridine rings is 1. The average Bonchev–Trinajstić information content (AvgIpc) is 1.96. The second-order valence-corrected chi connectivity index (χ2v) is 3.71. The fraction of sp³-hybridized carbons (Fsp3) is 0.143. The first-order valence-electron chi connectivity index (χ1n) is 3.18. The Balaban J connectivity index is 3.49. The van der Waals surface area contributed by atoms with Crippen molar-refractivity contribution in [2.24, 2.45) is 12.8 Å². The molecule has 0 amide bonds. The summed E-state index contributed by atoms with van der Waals surface area (Å²) in [6, 6.07) is 1.62. The summed E-state index contributed by atoms with van der Waals surface area (Å²) < 4.78 is 2.21. The van der Waals surface area contributed by atoms with Crippen LogP contribution in [0.15, 0.2) is 21.5 Å². The van der Waals surface area contributed by atoms with Crippen molar-refractivity contribution in [1.29, 1.82) is 0 Å². The molecular weight excluding hydrogens is 240 g/mol. The quantitative estimate of drug-likeness (QED) is 0.746. The van der Waals surface area contributed by atoms with Crippen molar-refractivity contribution in [3.8, 4) is 0 Å². The van der Waals surface area contributed by atoms with Crippen LogP contribution in [-0.4, -0.2) is 9.56 Å². The molecule has 12 heavy (non-hydrogen) atoms. The topological polar surface area (TPSA) is 48.0 Å². The largest absolute Gasteiger partial charge is 0.389 e. The number of aryl methyl sites for hydroxylation is 1. The van der Waals surface area contributed by atoms with E-state index in [0.29, 0.717) is 5.56 Å². The first-order chi connectivity index (χ1) is 5.52. The summed E-state index contributed by atoms with van der Waals surface area (Å²) in [6.07, 6.45) is 1.66. The van der Waals surface area contributed by atoms with Crippen molar-refractivity contribution in [3.05, 3.63) is 32.7 Å². The van der Waals surface area contributed by atoms with Crippen LogP contribution in [0.25, 0.3) is 0 Å². The van der Waals surface area contributed by atoms with Crippen LogP contribution in [-0.2, 0) is 7.05 Å². The standard InChI is InChI=1S/C7H7BrN2OS/c1-10-3-4(8)2-5(6(9)12)7(10)11/h2-3H,1H3,(H2,9,12). The van der Waals surface area contributed by atoms with Crippen molar-refractivity contribution in [2.45, 2.75) is 0 Å². The molecule has 0 atom stereocenters. The maximum atomic E-state index is 11.3. The molecule has 0 fully saturated rings. The van der Waals surface area contributed by atoms with Crippen LogP contribution in [0.4, 0.5) is 0 Å². The minimum Gasteiger partial charge on any atom is -0.389 e. The third-order valence-electron chi connectivity index (χ3n) is 1.42. The van der Waals surface area contributed by atoms with E-state index in [4.69, 9.17) is 18.0 Å². The summed E-state index contributed by atoms with van der Waals surface area (Å²) in [6.45, 7) is 0. The van der Waals surface area contributed by atoms with E-state index < -0.39 is 0 Å². The lowest BCUT2D eigenvalue weighted by atomic mass is 10.3. The lowest BCUT2D eigenvalue weighted by Crippen LogP contribution is -2.26. The molecule has 0 aliphatic rings. The van der Waals surface area contributed by atoms with Gasteiger partial charge in [-0.2, -0.15) is 0 Å². The SMILES string of the molecule is Cn1cc(Br)cc(C(N)=S)c1=O. The predicted molar refractivity (Wildman–Crippen MR) is 55.3 cm³/mol. The fourth-order valence-corrected chi connectivity index (χ4v) is 1.53. The number of thiocarbonyl (C=S) groups is 1. The van der Waals surface area contributed by atoms with E-state index in [0.717, 1.165) is 4.47 Å². The molecule has 0 bridgehead atoms. The Bertz CT molecular complexity index is 385. The van der Waals surface area contributed by atoms with E-state index in [2.05, 4.69) is 15.9 Å². The molecule has 0 aliphatic heterocycles. The maximum absolute atomic E-state index is 11.3. The Hall–Kier alpha value is -0.680. The van der Waals surface area contributed by atoms with Crippen LogP contribution in [0, 0.1) is 0 Å². The van der Waals surface area contributed by atoms with E-state index >= 15 is 0 Å². The summed E-state index contributed by atoms with van der Waals surface area (Å²) >= 11 is 7.95. The number of halogens is 1. The Labute approximate surface area is 83.3 Å². The number of rotatable bonds is 1. The molecule has 1 rings (SSSR count). The number of aromatic nitrogens is 1. The van der Waals surface area contributed by atoms with Crippen molar-refractivity contribution in [1.82, 2.24) is 4.57 Å². The lowest BCUT2D eigenvalue weighted by molar-refractivity contribution is 0.852. The molecule has 0 saturated carbocycles. The zero-order valence-corrected chi connectivity index (χ0v) is 8.78. The van der Waals surface area contributed by atoms with Gasteiger partial charge in [-0.05, 0) is 22.0 Å². The molecule has 0 aliphatic carbocycles. The Morgan fingerprint density at radius 3 is 2.83 bits per heavy atom. The molecule has 0 spiro atoms. The number of nitrogens with two attached hydrogens (primary N) is 1. The van der Waals surface area contributed by atoms with Gasteiger partial charge >= 0.3 is 0 Å². The molecule has 0 unspecified atom stereocenters. The average molecular weight is 247 g/mol. The van der Waals surface area contributed by atoms with Crippen LogP contribution in [0.2, 0.25) is 0 Å². The Kier molecular flexibility index (Phi) is 2.64. The van der Waals surface area contributed by atoms with Gasteiger partial charge in [0.1, 0.15) is 4.99 Å². The van der Waals surface area contributed by atoms with E-state index in [1.807, 2.05) is 0 Å². The zero-order valence-electron chi connectivity index (χ0n) is 6.37. The molecule has 0 aromatic carbocycles. The van der Waals surface area contributed by atoms with Crippen molar-refractivity contribution < 1.29 is 0 Å². The van der Waals surface area contributed by atoms with Gasteiger partial charge in [0.05, 0.1) is 5.56 Å². The Morgan fingerprint density at radius 1 is 1.75 bits per heavy atom. The van der Waals surface area contributed by atoms with Crippen molar-refractivity contribution in [3.63, 3.8) is 0 Å². The van der Waals surface area contributed by atoms with Gasteiger partial charge in [0.25, 0.3) is 5.56 Å². The lowest BCUT2D eigenvalue weighted by Gasteiger charge is -2.02. The summed E-state index contributed by atoms with van der Waals surface area (Å²) in [5.74, 6) is 0. The molecule has 1 aromatic heterocycles. The maximum Gasteiger partial charge on any atom is 0.260 e. The van der Waals surface area contributed by atoms with E-state index in [1.165, 1.54) is 4.57 Å². The van der Waals surface area contributed by atoms with Crippen LogP contribution >= 0.6 is 28.1 Å². The van der Waals surface area contributed by atoms with Crippen LogP contribution in [0.5, 0.6) is 0 Å². The van der Waals surface area contributed by atoms with Gasteiger partial charge in [-0.25, -0.2) is 0 Å². The van der Waals surface area contributed by atoms with Gasteiger partial charge in [-0.15, -0.1) is 0 Å². The molecule has 3 nitrogen and oxygen atoms in total. The highest BCUT2D eigenvalue weighted by molar-refractivity contribution is 9.10. The summed E-state index contributed by atoms with van der Waals surface area (Å²) in [5.41, 5.74) is 5.54. The minimum absolute atomic E-state index is 0.122. The summed E-state index contributed by atoms with van der Waals surface area (Å²) in [5, 5.41) is 0. The zero-order chi connectivity index (χ0) is 9.30. The normalized spacial score (nSPS) is 9.83. The highest BCUT2D eigenvalue weighted by atomic mass is 79.9. The second kappa shape index (κ2) is 3.37. The van der Waals surface area contributed by atoms with Crippen LogP contribution in [0.3, 0.4) is 0 Å². The molecule has 64 valence electrons.